The van der Waals surface area contributed by atoms with Crippen molar-refractivity contribution in [3.63, 3.8) is 0 Å². The average molecular weight is 470 g/mol. The van der Waals surface area contributed by atoms with Gasteiger partial charge in [-0.2, -0.15) is 0 Å². The van der Waals surface area contributed by atoms with E-state index in [0.29, 0.717) is 29.5 Å². The Hall–Kier alpha value is -3.64. The van der Waals surface area contributed by atoms with E-state index in [1.165, 1.54) is 5.56 Å². The Balaban J connectivity index is 1.46. The van der Waals surface area contributed by atoms with Gasteiger partial charge in [-0.25, -0.2) is 0 Å². The van der Waals surface area contributed by atoms with E-state index in [2.05, 4.69) is 40.2 Å². The summed E-state index contributed by atoms with van der Waals surface area (Å²) in [6.07, 6.45) is 8.26. The normalized spacial score (nSPS) is 15.8. The number of nitrogens with zero attached hydrogens (tertiary/aromatic N) is 3. The largest absolute Gasteiger partial charge is 0.507 e. The highest BCUT2D eigenvalue weighted by atomic mass is 16.3. The van der Waals surface area contributed by atoms with Gasteiger partial charge in [0.25, 0.3) is 5.56 Å². The molecular formula is C29H31N3O3. The lowest BCUT2D eigenvalue weighted by Gasteiger charge is -2.38. The van der Waals surface area contributed by atoms with E-state index >= 15 is 0 Å². The van der Waals surface area contributed by atoms with Gasteiger partial charge in [-0.1, -0.05) is 30.3 Å². The Morgan fingerprint density at radius 3 is 2.49 bits per heavy atom. The number of benzene rings is 1. The topological polar surface area (TPSA) is 71.5 Å². The predicted molar refractivity (Wildman–Crippen MR) is 135 cm³/mol. The number of furan rings is 1. The van der Waals surface area contributed by atoms with Crippen molar-refractivity contribution in [1.82, 2.24) is 14.5 Å². The Kier molecular flexibility index (Phi) is 6.82. The summed E-state index contributed by atoms with van der Waals surface area (Å²) in [7, 11) is 0. The lowest BCUT2D eigenvalue weighted by molar-refractivity contribution is 0.148. The van der Waals surface area contributed by atoms with Crippen LogP contribution >= 0.6 is 0 Å². The van der Waals surface area contributed by atoms with Gasteiger partial charge in [0.2, 0.25) is 0 Å². The summed E-state index contributed by atoms with van der Waals surface area (Å²) in [5.74, 6) is 1.35. The summed E-state index contributed by atoms with van der Waals surface area (Å²) in [5, 5.41) is 11.1. The third-order valence-corrected chi connectivity index (χ3v) is 7.09. The van der Waals surface area contributed by atoms with Crippen LogP contribution in [0.25, 0.3) is 0 Å². The van der Waals surface area contributed by atoms with Crippen LogP contribution in [0.3, 0.4) is 0 Å². The Morgan fingerprint density at radius 2 is 1.80 bits per heavy atom. The number of aromatic nitrogens is 2. The standard InChI is InChI=1S/C29H31N3O3/c1-21-18-26(33)27(29(34)32(21)20-25-8-5-17-35-25)28(24-9-13-30-14-10-24)31-15-11-23(12-16-31)19-22-6-3-2-4-7-22/h2-10,13-14,17-18,23,28,33H,11-12,15-16,19-20H2,1H3/t28-/m1/s1. The van der Waals surface area contributed by atoms with Gasteiger partial charge in [-0.15, -0.1) is 0 Å². The zero-order valence-corrected chi connectivity index (χ0v) is 20.0. The smallest absolute Gasteiger partial charge is 0.260 e. The molecule has 3 aromatic heterocycles. The molecule has 6 nitrogen and oxygen atoms in total. The molecule has 0 bridgehead atoms. The van der Waals surface area contributed by atoms with Crippen molar-refractivity contribution in [2.45, 2.75) is 38.8 Å². The van der Waals surface area contributed by atoms with Crippen LogP contribution in [-0.2, 0) is 13.0 Å². The minimum absolute atomic E-state index is 0.0383. The fourth-order valence-electron chi connectivity index (χ4n) is 5.25. The molecule has 1 saturated heterocycles. The van der Waals surface area contributed by atoms with Gasteiger partial charge in [-0.05, 0) is 86.7 Å². The number of likely N-dealkylation sites (tertiary alicyclic amines) is 1. The zero-order valence-electron chi connectivity index (χ0n) is 20.0. The number of rotatable bonds is 7. The first-order chi connectivity index (χ1) is 17.1. The van der Waals surface area contributed by atoms with Crippen molar-refractivity contribution in [3.8, 4) is 5.75 Å². The maximum absolute atomic E-state index is 13.8. The van der Waals surface area contributed by atoms with Gasteiger partial charge in [0, 0.05) is 18.1 Å². The van der Waals surface area contributed by atoms with E-state index in [0.717, 1.165) is 37.9 Å². The number of hydrogen-bond donors (Lipinski definition) is 1. The molecule has 0 unspecified atom stereocenters. The molecule has 0 spiro atoms. The van der Waals surface area contributed by atoms with Crippen molar-refractivity contribution in [3.05, 3.63) is 118 Å². The first kappa shape index (κ1) is 23.1. The summed E-state index contributed by atoms with van der Waals surface area (Å²) < 4.78 is 7.18. The van der Waals surface area contributed by atoms with Gasteiger partial charge in [0.1, 0.15) is 11.5 Å². The van der Waals surface area contributed by atoms with Crippen LogP contribution in [0.5, 0.6) is 5.75 Å². The monoisotopic (exact) mass is 469 g/mol. The summed E-state index contributed by atoms with van der Waals surface area (Å²) >= 11 is 0. The van der Waals surface area contributed by atoms with E-state index in [1.807, 2.05) is 31.2 Å². The highest BCUT2D eigenvalue weighted by Gasteiger charge is 2.32. The summed E-state index contributed by atoms with van der Waals surface area (Å²) in [6, 6.07) is 19.5. The van der Waals surface area contributed by atoms with Crippen molar-refractivity contribution >= 4 is 0 Å². The first-order valence-corrected chi connectivity index (χ1v) is 12.2. The predicted octanol–water partition coefficient (Wildman–Crippen LogP) is 4.94. The lowest BCUT2D eigenvalue weighted by Crippen LogP contribution is -2.41. The fraction of sp³-hybridized carbons (Fsp3) is 0.310. The van der Waals surface area contributed by atoms with E-state index < -0.39 is 0 Å². The van der Waals surface area contributed by atoms with Gasteiger partial charge < -0.3 is 14.1 Å². The number of aromatic hydroxyl groups is 1. The minimum Gasteiger partial charge on any atom is -0.507 e. The van der Waals surface area contributed by atoms with Crippen molar-refractivity contribution < 1.29 is 9.52 Å². The average Bonchev–Trinajstić information content (AvgIpc) is 3.40. The second-order valence-electron chi connectivity index (χ2n) is 9.41. The van der Waals surface area contributed by atoms with Gasteiger partial charge in [0.15, 0.2) is 0 Å². The summed E-state index contributed by atoms with van der Waals surface area (Å²) in [4.78, 5) is 20.3. The van der Waals surface area contributed by atoms with Crippen LogP contribution in [-0.4, -0.2) is 32.6 Å². The van der Waals surface area contributed by atoms with Crippen molar-refractivity contribution in [2.24, 2.45) is 5.92 Å². The maximum atomic E-state index is 13.8. The highest BCUT2D eigenvalue weighted by molar-refractivity contribution is 5.41. The van der Waals surface area contributed by atoms with Gasteiger partial charge in [-0.3, -0.25) is 14.7 Å². The third kappa shape index (κ3) is 5.08. The Morgan fingerprint density at radius 1 is 1.06 bits per heavy atom. The number of piperidine rings is 1. The lowest BCUT2D eigenvalue weighted by atomic mass is 9.88. The molecule has 1 fully saturated rings. The molecule has 1 aromatic carbocycles. The molecular weight excluding hydrogens is 438 g/mol. The molecule has 6 heteroatoms. The molecule has 35 heavy (non-hydrogen) atoms. The molecule has 0 amide bonds. The number of hydrogen-bond acceptors (Lipinski definition) is 5. The molecule has 1 N–H and O–H groups in total. The molecule has 5 rings (SSSR count). The zero-order chi connectivity index (χ0) is 24.2. The highest BCUT2D eigenvalue weighted by Crippen LogP contribution is 2.35. The van der Waals surface area contributed by atoms with Crippen LogP contribution in [0.2, 0.25) is 0 Å². The van der Waals surface area contributed by atoms with Crippen LogP contribution < -0.4 is 5.56 Å². The quantitative estimate of drug-likeness (QED) is 0.415. The molecule has 4 aromatic rings. The van der Waals surface area contributed by atoms with Gasteiger partial charge >= 0.3 is 0 Å². The number of aryl methyl sites for hydroxylation is 1. The van der Waals surface area contributed by atoms with Crippen LogP contribution in [0, 0.1) is 12.8 Å². The fourth-order valence-corrected chi connectivity index (χ4v) is 5.25. The summed E-state index contributed by atoms with van der Waals surface area (Å²) in [5.41, 5.74) is 3.25. The molecule has 1 atom stereocenters. The van der Waals surface area contributed by atoms with E-state index in [9.17, 15) is 9.90 Å². The van der Waals surface area contributed by atoms with Gasteiger partial charge in [0.05, 0.1) is 24.4 Å². The third-order valence-electron chi connectivity index (χ3n) is 7.09. The second-order valence-corrected chi connectivity index (χ2v) is 9.41. The molecule has 0 saturated carbocycles. The van der Waals surface area contributed by atoms with E-state index in [1.54, 1.807) is 29.3 Å². The molecule has 1 aliphatic heterocycles. The first-order valence-electron chi connectivity index (χ1n) is 12.2. The molecule has 180 valence electrons. The second kappa shape index (κ2) is 10.3. The number of pyridine rings is 2. The van der Waals surface area contributed by atoms with E-state index in [-0.39, 0.29) is 17.4 Å². The molecule has 0 radical (unpaired) electrons. The molecule has 1 aliphatic rings. The van der Waals surface area contributed by atoms with Crippen molar-refractivity contribution in [2.75, 3.05) is 13.1 Å². The summed E-state index contributed by atoms with van der Waals surface area (Å²) in [6.45, 7) is 3.88. The van der Waals surface area contributed by atoms with Crippen LogP contribution in [0.1, 0.15) is 47.0 Å². The van der Waals surface area contributed by atoms with Crippen LogP contribution in [0.4, 0.5) is 0 Å². The molecule has 0 aliphatic carbocycles. The van der Waals surface area contributed by atoms with Crippen LogP contribution in [0.15, 0.2) is 88.5 Å². The molecule has 4 heterocycles. The SMILES string of the molecule is Cc1cc(O)c([C@@H](c2ccncc2)N2CCC(Cc3ccccc3)CC2)c(=O)n1Cc1ccco1. The Bertz CT molecular complexity index is 1290. The minimum atomic E-state index is -0.341. The van der Waals surface area contributed by atoms with E-state index in [4.69, 9.17) is 4.42 Å². The maximum Gasteiger partial charge on any atom is 0.260 e. The van der Waals surface area contributed by atoms with Crippen molar-refractivity contribution in [1.29, 1.82) is 0 Å². The Labute approximate surface area is 205 Å².